The molecule has 0 aromatic carbocycles. The van der Waals surface area contributed by atoms with Crippen molar-refractivity contribution in [2.75, 3.05) is 14.1 Å². The van der Waals surface area contributed by atoms with Gasteiger partial charge in [0.2, 0.25) is 5.91 Å². The van der Waals surface area contributed by atoms with Crippen LogP contribution in [0.25, 0.3) is 0 Å². The summed E-state index contributed by atoms with van der Waals surface area (Å²) >= 11 is 0. The first-order valence-corrected chi connectivity index (χ1v) is 7.41. The van der Waals surface area contributed by atoms with Crippen LogP contribution in [0.15, 0.2) is 0 Å². The van der Waals surface area contributed by atoms with Crippen LogP contribution in [0.3, 0.4) is 0 Å². The molecular formula is C15H26N2O3. The van der Waals surface area contributed by atoms with E-state index < -0.39 is 11.1 Å². The van der Waals surface area contributed by atoms with Crippen LogP contribution in [0.2, 0.25) is 0 Å². The molecule has 0 atom stereocenters. The summed E-state index contributed by atoms with van der Waals surface area (Å²) in [5.74, 6) is 0.0292. The van der Waals surface area contributed by atoms with Crippen LogP contribution in [-0.4, -0.2) is 53.1 Å². The Morgan fingerprint density at radius 2 is 1.70 bits per heavy atom. The lowest BCUT2D eigenvalue weighted by molar-refractivity contribution is -0.148. The SMILES string of the molecule is CN(C)C(=O)C1(N(C(=O)OC(C)(C)C)C2CC2)CCC1. The number of amides is 2. The molecule has 2 rings (SSSR count). The van der Waals surface area contributed by atoms with Crippen LogP contribution in [0.5, 0.6) is 0 Å². The molecule has 0 radical (unpaired) electrons. The number of likely N-dealkylation sites (N-methyl/N-ethyl adjacent to an activating group) is 1. The Kier molecular flexibility index (Phi) is 3.73. The predicted molar refractivity (Wildman–Crippen MR) is 76.4 cm³/mol. The fourth-order valence-corrected chi connectivity index (χ4v) is 2.80. The summed E-state index contributed by atoms with van der Waals surface area (Å²) in [7, 11) is 3.51. The Balaban J connectivity index is 2.23. The van der Waals surface area contributed by atoms with E-state index in [2.05, 4.69) is 0 Å². The van der Waals surface area contributed by atoms with Gasteiger partial charge in [-0.1, -0.05) is 0 Å². The summed E-state index contributed by atoms with van der Waals surface area (Å²) in [6, 6.07) is 0.175. The molecule has 0 saturated heterocycles. The highest BCUT2D eigenvalue weighted by molar-refractivity contribution is 5.91. The minimum atomic E-state index is -0.660. The van der Waals surface area contributed by atoms with E-state index >= 15 is 0 Å². The van der Waals surface area contributed by atoms with Crippen molar-refractivity contribution < 1.29 is 14.3 Å². The largest absolute Gasteiger partial charge is 0.444 e. The Bertz CT molecular complexity index is 404. The highest BCUT2D eigenvalue weighted by atomic mass is 16.6. The van der Waals surface area contributed by atoms with Crippen molar-refractivity contribution in [3.05, 3.63) is 0 Å². The lowest BCUT2D eigenvalue weighted by atomic mass is 9.74. The Morgan fingerprint density at radius 1 is 1.15 bits per heavy atom. The summed E-state index contributed by atoms with van der Waals surface area (Å²) in [6.07, 6.45) is 4.10. The average Bonchev–Trinajstić information content (AvgIpc) is 3.02. The van der Waals surface area contributed by atoms with Gasteiger partial charge in [0.25, 0.3) is 0 Å². The van der Waals surface area contributed by atoms with Gasteiger partial charge in [0.1, 0.15) is 11.1 Å². The molecule has 2 amide bonds. The fourth-order valence-electron chi connectivity index (χ4n) is 2.80. The molecule has 2 aliphatic carbocycles. The molecule has 0 unspecified atom stereocenters. The lowest BCUT2D eigenvalue weighted by Crippen LogP contribution is -2.65. The Hall–Kier alpha value is -1.26. The van der Waals surface area contributed by atoms with E-state index in [1.807, 2.05) is 20.8 Å². The number of rotatable bonds is 3. The fraction of sp³-hybridized carbons (Fsp3) is 0.867. The molecule has 0 bridgehead atoms. The van der Waals surface area contributed by atoms with E-state index in [0.717, 1.165) is 32.1 Å². The molecule has 114 valence electrons. The van der Waals surface area contributed by atoms with Gasteiger partial charge in [-0.25, -0.2) is 4.79 Å². The Labute approximate surface area is 121 Å². The van der Waals surface area contributed by atoms with E-state index in [1.54, 1.807) is 23.9 Å². The van der Waals surface area contributed by atoms with E-state index in [0.29, 0.717) is 0 Å². The molecule has 0 aliphatic heterocycles. The van der Waals surface area contributed by atoms with Crippen molar-refractivity contribution in [3.63, 3.8) is 0 Å². The van der Waals surface area contributed by atoms with Crippen LogP contribution in [0.1, 0.15) is 52.9 Å². The topological polar surface area (TPSA) is 49.9 Å². The normalized spacial score (nSPS) is 20.9. The molecule has 2 saturated carbocycles. The zero-order valence-corrected chi connectivity index (χ0v) is 13.2. The van der Waals surface area contributed by atoms with Crippen LogP contribution in [0, 0.1) is 0 Å². The first-order chi connectivity index (χ1) is 9.17. The maximum Gasteiger partial charge on any atom is 0.411 e. The second-order valence-electron chi connectivity index (χ2n) is 7.17. The van der Waals surface area contributed by atoms with E-state index in [1.165, 1.54) is 0 Å². The lowest BCUT2D eigenvalue weighted by Gasteiger charge is -2.49. The summed E-state index contributed by atoms with van der Waals surface area (Å²) in [5, 5.41) is 0. The molecule has 0 aromatic heterocycles. The predicted octanol–water partition coefficient (Wildman–Crippen LogP) is 2.40. The molecule has 0 heterocycles. The minimum absolute atomic E-state index is 0.0292. The molecule has 0 N–H and O–H groups in total. The summed E-state index contributed by atoms with van der Waals surface area (Å²) in [4.78, 5) is 28.4. The van der Waals surface area contributed by atoms with Gasteiger partial charge in [-0.2, -0.15) is 0 Å². The molecule has 5 nitrogen and oxygen atoms in total. The number of hydrogen-bond donors (Lipinski definition) is 0. The quantitative estimate of drug-likeness (QED) is 0.798. The molecule has 0 spiro atoms. The molecule has 0 aromatic rings. The maximum absolute atomic E-state index is 12.6. The van der Waals surface area contributed by atoms with Gasteiger partial charge in [0, 0.05) is 20.1 Å². The highest BCUT2D eigenvalue weighted by Crippen LogP contribution is 2.45. The second-order valence-corrected chi connectivity index (χ2v) is 7.17. The van der Waals surface area contributed by atoms with Gasteiger partial charge in [0.05, 0.1) is 0 Å². The van der Waals surface area contributed by atoms with Crippen molar-refractivity contribution in [1.29, 1.82) is 0 Å². The summed E-state index contributed by atoms with van der Waals surface area (Å²) in [5.41, 5.74) is -1.19. The van der Waals surface area contributed by atoms with E-state index in [9.17, 15) is 9.59 Å². The van der Waals surface area contributed by atoms with Gasteiger partial charge in [-0.3, -0.25) is 9.69 Å². The van der Waals surface area contributed by atoms with Gasteiger partial charge in [-0.15, -0.1) is 0 Å². The third-order valence-electron chi connectivity index (χ3n) is 3.95. The van der Waals surface area contributed by atoms with Crippen LogP contribution in [0.4, 0.5) is 4.79 Å². The third kappa shape index (κ3) is 2.76. The number of carbonyl (C=O) groups is 2. The number of nitrogens with zero attached hydrogens (tertiary/aromatic N) is 2. The van der Waals surface area contributed by atoms with Gasteiger partial charge >= 0.3 is 6.09 Å². The molecule has 20 heavy (non-hydrogen) atoms. The number of ether oxygens (including phenoxy) is 1. The molecule has 5 heteroatoms. The summed E-state index contributed by atoms with van der Waals surface area (Å²) in [6.45, 7) is 5.57. The van der Waals surface area contributed by atoms with Gasteiger partial charge in [0.15, 0.2) is 0 Å². The summed E-state index contributed by atoms with van der Waals surface area (Å²) < 4.78 is 5.53. The monoisotopic (exact) mass is 282 g/mol. The highest BCUT2D eigenvalue weighted by Gasteiger charge is 2.56. The zero-order chi connectivity index (χ0) is 15.1. The average molecular weight is 282 g/mol. The van der Waals surface area contributed by atoms with Crippen molar-refractivity contribution in [2.45, 2.75) is 70.1 Å². The molecular weight excluding hydrogens is 256 g/mol. The van der Waals surface area contributed by atoms with Gasteiger partial charge < -0.3 is 9.64 Å². The third-order valence-corrected chi connectivity index (χ3v) is 3.95. The minimum Gasteiger partial charge on any atom is -0.444 e. The number of hydrogen-bond acceptors (Lipinski definition) is 3. The molecule has 2 fully saturated rings. The maximum atomic E-state index is 12.6. The van der Waals surface area contributed by atoms with E-state index in [4.69, 9.17) is 4.74 Å². The van der Waals surface area contributed by atoms with Crippen molar-refractivity contribution in [3.8, 4) is 0 Å². The van der Waals surface area contributed by atoms with Gasteiger partial charge in [-0.05, 0) is 52.9 Å². The smallest absolute Gasteiger partial charge is 0.411 e. The first kappa shape index (κ1) is 15.1. The van der Waals surface area contributed by atoms with E-state index in [-0.39, 0.29) is 18.0 Å². The van der Waals surface area contributed by atoms with Crippen LogP contribution >= 0.6 is 0 Å². The standard InChI is InChI=1S/C15H26N2O3/c1-14(2,3)20-13(19)17(11-7-8-11)15(9-6-10-15)12(18)16(4)5/h11H,6-10H2,1-5H3. The van der Waals surface area contributed by atoms with Crippen molar-refractivity contribution in [2.24, 2.45) is 0 Å². The van der Waals surface area contributed by atoms with Crippen molar-refractivity contribution in [1.82, 2.24) is 9.80 Å². The molecule has 2 aliphatic rings. The Morgan fingerprint density at radius 3 is 2.00 bits per heavy atom. The van der Waals surface area contributed by atoms with Crippen molar-refractivity contribution >= 4 is 12.0 Å². The van der Waals surface area contributed by atoms with Crippen LogP contribution < -0.4 is 0 Å². The second kappa shape index (κ2) is 4.93. The zero-order valence-electron chi connectivity index (χ0n) is 13.2. The number of carbonyl (C=O) groups excluding carboxylic acids is 2. The first-order valence-electron chi connectivity index (χ1n) is 7.41. The van der Waals surface area contributed by atoms with Crippen LogP contribution in [-0.2, 0) is 9.53 Å².